The average molecular weight is 718 g/mol. The molecule has 1 aliphatic carbocycles. The lowest BCUT2D eigenvalue weighted by molar-refractivity contribution is -0.217. The van der Waals surface area contributed by atoms with Crippen molar-refractivity contribution in [2.75, 3.05) is 0 Å². The predicted molar refractivity (Wildman–Crippen MR) is 163 cm³/mol. The lowest BCUT2D eigenvalue weighted by Gasteiger charge is -2.25. The van der Waals surface area contributed by atoms with Gasteiger partial charge in [0.25, 0.3) is 0 Å². The second kappa shape index (κ2) is 12.5. The van der Waals surface area contributed by atoms with Crippen molar-refractivity contribution in [3.63, 3.8) is 0 Å². The van der Waals surface area contributed by atoms with E-state index in [1.54, 1.807) is 48.5 Å². The van der Waals surface area contributed by atoms with Crippen LogP contribution in [-0.4, -0.2) is 54.0 Å². The van der Waals surface area contributed by atoms with Crippen molar-refractivity contribution in [1.82, 2.24) is 0 Å². The van der Waals surface area contributed by atoms with Crippen LogP contribution < -0.4 is 0 Å². The summed E-state index contributed by atoms with van der Waals surface area (Å²) in [5.41, 5.74) is 1.66. The SMILES string of the molecule is C[C@H](CC[C@@H]1O[C@@]2(C[C@@H]1OC(=O)c1ccc(Br)cc1)C[C@@H]1/C(=C3/CC[C@@H](C)O3)C(=O)C[C@@H]1O2)OC(=O)c1ccc(Br)cc1. The van der Waals surface area contributed by atoms with Gasteiger partial charge in [0.05, 0.1) is 35.5 Å². The van der Waals surface area contributed by atoms with E-state index in [0.717, 1.165) is 33.1 Å². The Morgan fingerprint density at radius 3 is 2.26 bits per heavy atom. The molecule has 7 atom stereocenters. The van der Waals surface area contributed by atoms with Crippen molar-refractivity contribution < 1.29 is 38.1 Å². The molecule has 0 radical (unpaired) electrons. The summed E-state index contributed by atoms with van der Waals surface area (Å²) >= 11 is 6.77. The molecule has 0 bridgehead atoms. The predicted octanol–water partition coefficient (Wildman–Crippen LogP) is 7.08. The smallest absolute Gasteiger partial charge is 0.338 e. The van der Waals surface area contributed by atoms with Gasteiger partial charge in [-0.1, -0.05) is 31.9 Å². The Kier molecular flexibility index (Phi) is 8.84. The third-order valence-corrected chi connectivity index (χ3v) is 9.76. The first kappa shape index (κ1) is 30.5. The first-order chi connectivity index (χ1) is 20.6. The summed E-state index contributed by atoms with van der Waals surface area (Å²) in [7, 11) is 0. The Morgan fingerprint density at radius 1 is 0.977 bits per heavy atom. The van der Waals surface area contributed by atoms with Crippen LogP contribution in [0.1, 0.15) is 79.5 Å². The zero-order chi connectivity index (χ0) is 30.3. The fraction of sp³-hybridized carbons (Fsp3) is 0.485. The van der Waals surface area contributed by atoms with Crippen LogP contribution >= 0.6 is 31.9 Å². The molecule has 1 spiro atoms. The number of ketones is 1. The van der Waals surface area contributed by atoms with Gasteiger partial charge in [-0.25, -0.2) is 9.59 Å². The highest BCUT2D eigenvalue weighted by molar-refractivity contribution is 9.10. The molecule has 2 aromatic rings. The van der Waals surface area contributed by atoms with Gasteiger partial charge < -0.3 is 23.7 Å². The van der Waals surface area contributed by atoms with Crippen molar-refractivity contribution in [2.45, 2.75) is 95.1 Å². The van der Waals surface area contributed by atoms with Gasteiger partial charge in [0.15, 0.2) is 11.6 Å². The fourth-order valence-corrected chi connectivity index (χ4v) is 7.12. The van der Waals surface area contributed by atoms with Gasteiger partial charge in [-0.3, -0.25) is 4.79 Å². The third kappa shape index (κ3) is 6.62. The number of carbonyl (C=O) groups excluding carboxylic acids is 3. The van der Waals surface area contributed by atoms with E-state index >= 15 is 0 Å². The second-order valence-corrected chi connectivity index (χ2v) is 13.8. The summed E-state index contributed by atoms with van der Waals surface area (Å²) in [5.74, 6) is -1.05. The largest absolute Gasteiger partial charge is 0.495 e. The minimum Gasteiger partial charge on any atom is -0.495 e. The Balaban J connectivity index is 1.16. The number of Topliss-reactive ketones (excluding diaryl/α,β-unsaturated/α-hetero) is 1. The molecule has 0 aromatic heterocycles. The van der Waals surface area contributed by atoms with E-state index in [9.17, 15) is 14.4 Å². The van der Waals surface area contributed by atoms with E-state index in [0.29, 0.717) is 43.2 Å². The van der Waals surface area contributed by atoms with E-state index in [1.807, 2.05) is 13.8 Å². The van der Waals surface area contributed by atoms with Gasteiger partial charge in [-0.2, -0.15) is 0 Å². The molecule has 1 saturated carbocycles. The molecule has 4 fully saturated rings. The molecule has 0 amide bonds. The number of esters is 2. The van der Waals surface area contributed by atoms with E-state index < -0.39 is 36.0 Å². The molecule has 228 valence electrons. The normalized spacial score (nSPS) is 32.1. The molecular formula is C33H34Br2O8. The molecule has 10 heteroatoms. The summed E-state index contributed by atoms with van der Waals surface area (Å²) in [4.78, 5) is 38.7. The second-order valence-electron chi connectivity index (χ2n) is 11.9. The topological polar surface area (TPSA) is 97.4 Å². The van der Waals surface area contributed by atoms with Crippen LogP contribution in [0.5, 0.6) is 0 Å². The van der Waals surface area contributed by atoms with Crippen LogP contribution in [0.15, 0.2) is 68.8 Å². The van der Waals surface area contributed by atoms with Crippen LogP contribution in [0.3, 0.4) is 0 Å². The molecule has 0 unspecified atom stereocenters. The third-order valence-electron chi connectivity index (χ3n) is 8.70. The van der Waals surface area contributed by atoms with Gasteiger partial charge in [-0.15, -0.1) is 0 Å². The van der Waals surface area contributed by atoms with Crippen molar-refractivity contribution >= 4 is 49.6 Å². The number of hydrogen-bond acceptors (Lipinski definition) is 8. The maximum Gasteiger partial charge on any atom is 0.338 e. The van der Waals surface area contributed by atoms with Gasteiger partial charge in [0.2, 0.25) is 0 Å². The van der Waals surface area contributed by atoms with Crippen LogP contribution in [0.4, 0.5) is 0 Å². The zero-order valence-corrected chi connectivity index (χ0v) is 27.2. The van der Waals surface area contributed by atoms with E-state index in [-0.39, 0.29) is 23.9 Å². The fourth-order valence-electron chi connectivity index (χ4n) is 6.59. The lowest BCUT2D eigenvalue weighted by atomic mass is 9.92. The highest BCUT2D eigenvalue weighted by Crippen LogP contribution is 2.53. The van der Waals surface area contributed by atoms with Crippen LogP contribution in [0, 0.1) is 5.92 Å². The van der Waals surface area contributed by atoms with E-state index in [4.69, 9.17) is 23.7 Å². The number of ether oxygens (including phenoxy) is 5. The maximum absolute atomic E-state index is 13.1. The minimum atomic E-state index is -0.973. The Labute approximate surface area is 267 Å². The molecule has 6 rings (SSSR count). The number of fused-ring (bicyclic) bond motifs is 1. The molecule has 0 N–H and O–H groups in total. The number of benzene rings is 2. The van der Waals surface area contributed by atoms with Crippen molar-refractivity contribution in [1.29, 1.82) is 0 Å². The number of hydrogen-bond donors (Lipinski definition) is 0. The summed E-state index contributed by atoms with van der Waals surface area (Å²) in [6.07, 6.45) is 2.16. The summed E-state index contributed by atoms with van der Waals surface area (Å²) < 4.78 is 32.6. The molecule has 3 aliphatic heterocycles. The maximum atomic E-state index is 13.1. The number of rotatable bonds is 7. The molecule has 43 heavy (non-hydrogen) atoms. The monoisotopic (exact) mass is 716 g/mol. The Hall–Kier alpha value is -2.53. The van der Waals surface area contributed by atoms with Gasteiger partial charge in [0.1, 0.15) is 11.9 Å². The van der Waals surface area contributed by atoms with Crippen molar-refractivity contribution in [2.24, 2.45) is 5.92 Å². The molecule has 4 aliphatic rings. The summed E-state index contributed by atoms with van der Waals surface area (Å²) in [6, 6.07) is 14.0. The summed E-state index contributed by atoms with van der Waals surface area (Å²) in [5, 5.41) is 0. The number of allylic oxidation sites excluding steroid dienone is 1. The molecule has 3 heterocycles. The molecule has 2 aromatic carbocycles. The first-order valence-corrected chi connectivity index (χ1v) is 16.4. The quantitative estimate of drug-likeness (QED) is 0.222. The van der Waals surface area contributed by atoms with Crippen LogP contribution in [-0.2, 0) is 28.5 Å². The Bertz CT molecular complexity index is 1420. The molecule has 8 nitrogen and oxygen atoms in total. The van der Waals surface area contributed by atoms with Crippen LogP contribution in [0.25, 0.3) is 0 Å². The average Bonchev–Trinajstić information content (AvgIpc) is 3.70. The van der Waals surface area contributed by atoms with E-state index in [2.05, 4.69) is 31.9 Å². The number of carbonyl (C=O) groups is 3. The van der Waals surface area contributed by atoms with Gasteiger partial charge in [0, 0.05) is 46.1 Å². The van der Waals surface area contributed by atoms with Crippen molar-refractivity contribution in [3.8, 4) is 0 Å². The molecule has 3 saturated heterocycles. The van der Waals surface area contributed by atoms with Gasteiger partial charge in [-0.05, 0) is 81.6 Å². The highest BCUT2D eigenvalue weighted by Gasteiger charge is 2.60. The van der Waals surface area contributed by atoms with Crippen LogP contribution in [0.2, 0.25) is 0 Å². The Morgan fingerprint density at radius 2 is 1.63 bits per heavy atom. The minimum absolute atomic E-state index is 0.0862. The highest BCUT2D eigenvalue weighted by atomic mass is 79.9. The first-order valence-electron chi connectivity index (χ1n) is 14.8. The zero-order valence-electron chi connectivity index (χ0n) is 24.1. The molecular weight excluding hydrogens is 684 g/mol. The standard InChI is InChI=1S/C33H34Br2O8/c1-18-4-14-27(39-18)30-24-16-33(43-28(24)15-25(30)36)17-29(41-32(38)21-7-11-23(35)12-8-21)26(42-33)13-3-19(2)40-31(37)20-5-9-22(34)10-6-20/h5-12,18-19,24,26,28-29H,3-4,13-17H2,1-2H3/b30-27+/t18-,19-,24+,26+,28+,29+,33+/m1/s1. The number of halogens is 2. The summed E-state index contributed by atoms with van der Waals surface area (Å²) in [6.45, 7) is 3.86. The van der Waals surface area contributed by atoms with Crippen molar-refractivity contribution in [3.05, 3.63) is 79.9 Å². The van der Waals surface area contributed by atoms with Gasteiger partial charge >= 0.3 is 11.9 Å². The van der Waals surface area contributed by atoms with E-state index in [1.165, 1.54) is 0 Å². The lowest BCUT2D eigenvalue weighted by Crippen LogP contribution is -2.30.